The van der Waals surface area contributed by atoms with E-state index in [0.717, 1.165) is 51.4 Å². The maximum atomic E-state index is 12.9. The molecule has 0 N–H and O–H groups in total. The zero-order valence-corrected chi connectivity index (χ0v) is 57.0. The Morgan fingerprint density at radius 2 is 0.643 bits per heavy atom. The van der Waals surface area contributed by atoms with Crippen LogP contribution < -0.4 is 4.89 Å². The lowest BCUT2D eigenvalue weighted by molar-refractivity contribution is -0.870. The van der Waals surface area contributed by atoms with Crippen LogP contribution in [0.25, 0.3) is 0 Å². The van der Waals surface area contributed by atoms with E-state index in [9.17, 15) is 19.0 Å². The maximum absolute atomic E-state index is 12.9. The summed E-state index contributed by atoms with van der Waals surface area (Å²) in [4.78, 5) is 38.0. The van der Waals surface area contributed by atoms with Gasteiger partial charge in [0.1, 0.15) is 19.8 Å². The number of nitrogens with zero attached hydrogens (tertiary/aromatic N) is 1. The van der Waals surface area contributed by atoms with Crippen LogP contribution in [0.1, 0.15) is 348 Å². The van der Waals surface area contributed by atoms with Gasteiger partial charge in [0.05, 0.1) is 27.7 Å². The number of carbonyl (C=O) groups is 2. The van der Waals surface area contributed by atoms with E-state index in [4.69, 9.17) is 18.5 Å². The highest BCUT2D eigenvalue weighted by atomic mass is 31.2. The van der Waals surface area contributed by atoms with Gasteiger partial charge in [-0.25, -0.2) is 0 Å². The fourth-order valence-electron chi connectivity index (χ4n) is 10.5. The van der Waals surface area contributed by atoms with Gasteiger partial charge >= 0.3 is 11.9 Å². The van der Waals surface area contributed by atoms with Crippen LogP contribution in [0.2, 0.25) is 0 Å². The number of rotatable bonds is 67. The molecule has 0 rings (SSSR count). The highest BCUT2D eigenvalue weighted by molar-refractivity contribution is 7.45. The maximum Gasteiger partial charge on any atom is 0.306 e. The fraction of sp³-hybridized carbons (Fsp3) is 0.838. The molecule has 0 aromatic heterocycles. The summed E-state index contributed by atoms with van der Waals surface area (Å²) in [6, 6.07) is 0. The van der Waals surface area contributed by atoms with E-state index in [1.807, 2.05) is 21.1 Å². The van der Waals surface area contributed by atoms with Crippen molar-refractivity contribution in [2.75, 3.05) is 47.5 Å². The Balaban J connectivity index is 3.94. The second kappa shape index (κ2) is 65.2. The van der Waals surface area contributed by atoms with Crippen LogP contribution in [-0.4, -0.2) is 70.0 Å². The molecule has 2 unspecified atom stereocenters. The molecule has 0 spiro atoms. The van der Waals surface area contributed by atoms with Crippen LogP contribution in [0.15, 0.2) is 60.8 Å². The van der Waals surface area contributed by atoms with Crippen LogP contribution in [0.3, 0.4) is 0 Å². The molecule has 0 aliphatic carbocycles. The Hall–Kier alpha value is -2.29. The van der Waals surface area contributed by atoms with E-state index in [1.54, 1.807) is 0 Å². The van der Waals surface area contributed by atoms with E-state index in [1.165, 1.54) is 263 Å². The first kappa shape index (κ1) is 81.7. The highest BCUT2D eigenvalue weighted by Gasteiger charge is 2.22. The van der Waals surface area contributed by atoms with Gasteiger partial charge in [-0.1, -0.05) is 312 Å². The molecule has 0 bridgehead atoms. The molecule has 84 heavy (non-hydrogen) atoms. The SMILES string of the molecule is CCCCCCC/C=C\C/C=C\C/C=C\CCCCCCCCCCCCCCCCCCCCCCCCCCC(=O)OC(COC(=O)CCCCCCCCCCC/C=C\C/C=C\CCCCCCC)COP(=O)([O-])OCC[N+](C)(C)C. The summed E-state index contributed by atoms with van der Waals surface area (Å²) < 4.78 is 34.3. The minimum absolute atomic E-state index is 0.0307. The molecule has 0 aliphatic rings. The third-order valence-electron chi connectivity index (χ3n) is 16.0. The number of hydrogen-bond acceptors (Lipinski definition) is 8. The molecule has 0 aromatic carbocycles. The lowest BCUT2D eigenvalue weighted by atomic mass is 10.0. The molecule has 0 fully saturated rings. The highest BCUT2D eigenvalue weighted by Crippen LogP contribution is 2.38. The average molecular weight is 1200 g/mol. The monoisotopic (exact) mass is 1200 g/mol. The van der Waals surface area contributed by atoms with Gasteiger partial charge in [0.25, 0.3) is 7.82 Å². The normalized spacial score (nSPS) is 13.5. The van der Waals surface area contributed by atoms with Gasteiger partial charge in [-0.3, -0.25) is 14.2 Å². The molecule has 0 saturated carbocycles. The quantitative estimate of drug-likeness (QED) is 0.0195. The van der Waals surface area contributed by atoms with E-state index in [-0.39, 0.29) is 32.0 Å². The topological polar surface area (TPSA) is 111 Å². The van der Waals surface area contributed by atoms with E-state index < -0.39 is 26.5 Å². The summed E-state index contributed by atoms with van der Waals surface area (Å²) in [6.45, 7) is 4.26. The average Bonchev–Trinajstić information content (AvgIpc) is 3.61. The second-order valence-electron chi connectivity index (χ2n) is 25.6. The Morgan fingerprint density at radius 3 is 0.952 bits per heavy atom. The summed E-state index contributed by atoms with van der Waals surface area (Å²) in [6.07, 6.45) is 86.0. The van der Waals surface area contributed by atoms with Crippen LogP contribution in [0, 0.1) is 0 Å². The third-order valence-corrected chi connectivity index (χ3v) is 17.0. The lowest BCUT2D eigenvalue weighted by Crippen LogP contribution is -2.37. The van der Waals surface area contributed by atoms with Crippen molar-refractivity contribution in [3.8, 4) is 0 Å². The Morgan fingerprint density at radius 1 is 0.369 bits per heavy atom. The molecule has 10 heteroatoms. The van der Waals surface area contributed by atoms with Gasteiger partial charge < -0.3 is 27.9 Å². The summed E-state index contributed by atoms with van der Waals surface area (Å²) in [5.74, 6) is -0.823. The third kappa shape index (κ3) is 68.8. The number of hydrogen-bond donors (Lipinski definition) is 0. The van der Waals surface area contributed by atoms with E-state index in [0.29, 0.717) is 17.4 Å². The smallest absolute Gasteiger partial charge is 0.306 e. The molecular weight excluding hydrogens is 1060 g/mol. The van der Waals surface area contributed by atoms with Crippen molar-refractivity contribution < 1.29 is 42.1 Å². The first-order chi connectivity index (χ1) is 41.0. The lowest BCUT2D eigenvalue weighted by Gasteiger charge is -2.28. The predicted octanol–water partition coefficient (Wildman–Crippen LogP) is 22.8. The van der Waals surface area contributed by atoms with Crippen molar-refractivity contribution in [3.63, 3.8) is 0 Å². The Labute approximate surface area is 521 Å². The van der Waals surface area contributed by atoms with Gasteiger partial charge in [0.2, 0.25) is 0 Å². The van der Waals surface area contributed by atoms with Crippen molar-refractivity contribution in [1.29, 1.82) is 0 Å². The van der Waals surface area contributed by atoms with Crippen LogP contribution in [-0.2, 0) is 32.7 Å². The van der Waals surface area contributed by atoms with Gasteiger partial charge in [-0.2, -0.15) is 0 Å². The largest absolute Gasteiger partial charge is 0.756 e. The standard InChI is InChI=1S/C74H138NO8P/c1-6-8-10-12-14-16-18-20-22-24-26-28-29-30-31-32-33-34-35-36-37-38-39-40-41-42-43-44-45-47-49-51-53-55-57-59-61-63-65-67-74(77)83-72(71-82-84(78,79)81-69-68-75(3,4)5)70-80-73(76)66-64-62-60-58-56-54-52-50-48-46-27-25-23-21-19-17-15-13-11-9-7-2/h18-21,24-27,29-30,72H,6-17,22-23,28,31-71H2,1-5H3/b20-18-,21-19-,26-24-,27-25-,30-29-. The first-order valence-corrected chi connectivity index (χ1v) is 37.5. The number of quaternary nitrogens is 1. The molecule has 0 heterocycles. The summed E-state index contributed by atoms with van der Waals surface area (Å²) in [5.41, 5.74) is 0. The summed E-state index contributed by atoms with van der Waals surface area (Å²) in [7, 11) is 1.18. The van der Waals surface area contributed by atoms with Crippen molar-refractivity contribution in [1.82, 2.24) is 0 Å². The predicted molar refractivity (Wildman–Crippen MR) is 360 cm³/mol. The number of esters is 2. The molecule has 0 saturated heterocycles. The minimum Gasteiger partial charge on any atom is -0.756 e. The molecule has 492 valence electrons. The van der Waals surface area contributed by atoms with E-state index in [2.05, 4.69) is 74.6 Å². The molecule has 2 atom stereocenters. The van der Waals surface area contributed by atoms with Gasteiger partial charge in [-0.15, -0.1) is 0 Å². The van der Waals surface area contributed by atoms with Crippen LogP contribution >= 0.6 is 7.82 Å². The minimum atomic E-state index is -4.64. The molecule has 0 aliphatic heterocycles. The molecule has 0 amide bonds. The molecule has 0 aromatic rings. The van der Waals surface area contributed by atoms with Crippen molar-refractivity contribution in [3.05, 3.63) is 60.8 Å². The number of unbranched alkanes of at least 4 members (excludes halogenated alkanes) is 43. The zero-order chi connectivity index (χ0) is 61.2. The van der Waals surface area contributed by atoms with Gasteiger partial charge in [0, 0.05) is 12.8 Å². The van der Waals surface area contributed by atoms with E-state index >= 15 is 0 Å². The van der Waals surface area contributed by atoms with Crippen molar-refractivity contribution in [2.24, 2.45) is 0 Å². The summed E-state index contributed by atoms with van der Waals surface area (Å²) in [5, 5.41) is 0. The number of allylic oxidation sites excluding steroid dienone is 10. The van der Waals surface area contributed by atoms with Gasteiger partial charge in [-0.05, 0) is 83.5 Å². The van der Waals surface area contributed by atoms with Crippen molar-refractivity contribution >= 4 is 19.8 Å². The fourth-order valence-corrected chi connectivity index (χ4v) is 11.2. The van der Waals surface area contributed by atoms with Crippen LogP contribution in [0.4, 0.5) is 0 Å². The number of phosphoric ester groups is 1. The summed E-state index contributed by atoms with van der Waals surface area (Å²) >= 11 is 0. The Bertz CT molecular complexity index is 1600. The second-order valence-corrected chi connectivity index (χ2v) is 27.0. The number of likely N-dealkylation sites (N-methyl/N-ethyl adjacent to an activating group) is 1. The van der Waals surface area contributed by atoms with Crippen LogP contribution in [0.5, 0.6) is 0 Å². The zero-order valence-electron chi connectivity index (χ0n) is 56.1. The molecule has 0 radical (unpaired) electrons. The molecular formula is C74H138NO8P. The van der Waals surface area contributed by atoms with Gasteiger partial charge in [0.15, 0.2) is 6.10 Å². The Kier molecular flexibility index (Phi) is 63.4. The number of ether oxygens (including phenoxy) is 2. The van der Waals surface area contributed by atoms with Crippen molar-refractivity contribution in [2.45, 2.75) is 354 Å². The number of carbonyl (C=O) groups excluding carboxylic acids is 2. The first-order valence-electron chi connectivity index (χ1n) is 36.0. The number of phosphoric acid groups is 1. The molecule has 9 nitrogen and oxygen atoms in total.